The maximum absolute atomic E-state index is 12.7. The number of aromatic nitrogens is 2. The average molecular weight is 415 g/mol. The molecular weight excluding hydrogens is 384 g/mol. The van der Waals surface area contributed by atoms with Gasteiger partial charge < -0.3 is 19.1 Å². The van der Waals surface area contributed by atoms with Gasteiger partial charge in [0.15, 0.2) is 0 Å². The number of nitrogens with zero attached hydrogens (tertiary/aromatic N) is 3. The summed E-state index contributed by atoms with van der Waals surface area (Å²) in [6.45, 7) is 6.58. The van der Waals surface area contributed by atoms with Gasteiger partial charge in [-0.25, -0.2) is 4.98 Å². The van der Waals surface area contributed by atoms with Crippen molar-refractivity contribution < 1.29 is 14.2 Å². The van der Waals surface area contributed by atoms with Crippen molar-refractivity contribution in [2.45, 2.75) is 19.4 Å². The predicted octanol–water partition coefficient (Wildman–Crippen LogP) is 1.23. The highest BCUT2D eigenvalue weighted by Crippen LogP contribution is 2.18. The summed E-state index contributed by atoms with van der Waals surface area (Å²) in [5.74, 6) is 1.53. The van der Waals surface area contributed by atoms with Crippen molar-refractivity contribution in [1.29, 1.82) is 0 Å². The third-order valence-corrected chi connectivity index (χ3v) is 5.63. The summed E-state index contributed by atoms with van der Waals surface area (Å²) >= 11 is 0. The summed E-state index contributed by atoms with van der Waals surface area (Å²) in [6, 6.07) is 8.19. The molecule has 2 aliphatic heterocycles. The highest BCUT2D eigenvalue weighted by Gasteiger charge is 2.21. The number of nitrogens with one attached hydrogen (secondary N) is 1. The second-order valence-electron chi connectivity index (χ2n) is 7.68. The van der Waals surface area contributed by atoms with Gasteiger partial charge in [-0.05, 0) is 24.1 Å². The molecule has 1 saturated heterocycles. The van der Waals surface area contributed by atoms with Crippen LogP contribution in [0, 0.1) is 0 Å². The number of H-pyrrole nitrogens is 1. The van der Waals surface area contributed by atoms with E-state index in [2.05, 4.69) is 26.9 Å². The van der Waals surface area contributed by atoms with Gasteiger partial charge in [-0.3, -0.25) is 14.7 Å². The Kier molecular flexibility index (Phi) is 6.99. The van der Waals surface area contributed by atoms with E-state index in [9.17, 15) is 4.79 Å². The van der Waals surface area contributed by atoms with E-state index < -0.39 is 0 Å². The number of fused-ring (bicyclic) bond motifs is 1. The van der Waals surface area contributed by atoms with Crippen molar-refractivity contribution in [1.82, 2.24) is 14.9 Å². The number of methoxy groups -OCH3 is 1. The molecule has 3 heterocycles. The number of aromatic amines is 1. The molecular formula is C22H30N4O4. The summed E-state index contributed by atoms with van der Waals surface area (Å²) in [5, 5.41) is 0. The largest absolute Gasteiger partial charge is 0.491 e. The van der Waals surface area contributed by atoms with Crippen molar-refractivity contribution in [2.75, 3.05) is 64.6 Å². The monoisotopic (exact) mass is 414 g/mol. The second-order valence-corrected chi connectivity index (χ2v) is 7.68. The van der Waals surface area contributed by atoms with Crippen LogP contribution in [0.5, 0.6) is 5.75 Å². The topological polar surface area (TPSA) is 79.9 Å². The lowest BCUT2D eigenvalue weighted by molar-refractivity contribution is 0.122. The van der Waals surface area contributed by atoms with E-state index in [4.69, 9.17) is 19.2 Å². The smallest absolute Gasteiger partial charge is 0.255 e. The number of hydrogen-bond donors (Lipinski definition) is 1. The van der Waals surface area contributed by atoms with Crippen molar-refractivity contribution in [3.63, 3.8) is 0 Å². The van der Waals surface area contributed by atoms with Gasteiger partial charge in [0.05, 0.1) is 25.5 Å². The number of benzene rings is 1. The summed E-state index contributed by atoms with van der Waals surface area (Å²) in [4.78, 5) is 25.0. The Bertz CT molecular complexity index is 878. The lowest BCUT2D eigenvalue weighted by Crippen LogP contribution is -2.38. The molecule has 1 aromatic heterocycles. The van der Waals surface area contributed by atoms with Crippen LogP contribution < -0.4 is 15.2 Å². The number of anilines is 1. The molecule has 162 valence electrons. The van der Waals surface area contributed by atoms with E-state index in [0.717, 1.165) is 62.6 Å². The second kappa shape index (κ2) is 10.1. The van der Waals surface area contributed by atoms with Crippen LogP contribution in [0.25, 0.3) is 0 Å². The molecule has 1 aromatic carbocycles. The van der Waals surface area contributed by atoms with Crippen LogP contribution in [0.1, 0.15) is 16.8 Å². The summed E-state index contributed by atoms with van der Waals surface area (Å²) < 4.78 is 16.0. The Morgan fingerprint density at radius 2 is 1.83 bits per heavy atom. The molecule has 1 N–H and O–H groups in total. The van der Waals surface area contributed by atoms with Gasteiger partial charge in [0, 0.05) is 51.8 Å². The first-order valence-electron chi connectivity index (χ1n) is 10.6. The number of hydrogen-bond acceptors (Lipinski definition) is 7. The van der Waals surface area contributed by atoms with Gasteiger partial charge in [-0.2, -0.15) is 0 Å². The third-order valence-electron chi connectivity index (χ3n) is 5.63. The normalized spacial score (nSPS) is 17.4. The molecule has 0 saturated carbocycles. The van der Waals surface area contributed by atoms with Gasteiger partial charge >= 0.3 is 0 Å². The molecule has 1 fully saturated rings. The van der Waals surface area contributed by atoms with Crippen molar-refractivity contribution in [2.24, 2.45) is 0 Å². The first-order chi connectivity index (χ1) is 14.7. The van der Waals surface area contributed by atoms with Crippen molar-refractivity contribution in [3.8, 4) is 5.75 Å². The molecule has 0 atom stereocenters. The summed E-state index contributed by atoms with van der Waals surface area (Å²) in [5.41, 5.74) is 3.00. The predicted molar refractivity (Wildman–Crippen MR) is 114 cm³/mol. The average Bonchev–Trinajstić information content (AvgIpc) is 2.98. The van der Waals surface area contributed by atoms with E-state index >= 15 is 0 Å². The van der Waals surface area contributed by atoms with E-state index in [1.807, 2.05) is 12.1 Å². The van der Waals surface area contributed by atoms with Crippen LogP contribution in [-0.4, -0.2) is 74.6 Å². The molecule has 0 amide bonds. The zero-order valence-corrected chi connectivity index (χ0v) is 17.6. The Labute approximate surface area is 176 Å². The molecule has 8 heteroatoms. The van der Waals surface area contributed by atoms with E-state index in [0.29, 0.717) is 32.4 Å². The minimum atomic E-state index is 0.000836. The molecule has 2 aromatic rings. The van der Waals surface area contributed by atoms with Gasteiger partial charge in [0.1, 0.15) is 12.4 Å². The van der Waals surface area contributed by atoms with Crippen molar-refractivity contribution >= 4 is 5.95 Å². The quantitative estimate of drug-likeness (QED) is 0.683. The third kappa shape index (κ3) is 5.19. The molecule has 2 aliphatic rings. The summed E-state index contributed by atoms with van der Waals surface area (Å²) in [6.07, 6.45) is 1.51. The Hall–Kier alpha value is -2.42. The Morgan fingerprint density at radius 3 is 2.60 bits per heavy atom. The maximum atomic E-state index is 12.7. The van der Waals surface area contributed by atoms with Gasteiger partial charge in [0.2, 0.25) is 5.95 Å². The Morgan fingerprint density at radius 1 is 1.07 bits per heavy atom. The van der Waals surface area contributed by atoms with Crippen LogP contribution in [-0.2, 0) is 28.9 Å². The fraction of sp³-hybridized carbons (Fsp3) is 0.545. The van der Waals surface area contributed by atoms with Crippen LogP contribution in [0.4, 0.5) is 5.95 Å². The molecule has 0 aliphatic carbocycles. The fourth-order valence-electron chi connectivity index (χ4n) is 3.92. The number of ether oxygens (including phenoxy) is 3. The molecule has 0 bridgehead atoms. The zero-order valence-electron chi connectivity index (χ0n) is 17.6. The first-order valence-corrected chi connectivity index (χ1v) is 10.6. The molecule has 30 heavy (non-hydrogen) atoms. The molecule has 0 unspecified atom stereocenters. The minimum Gasteiger partial charge on any atom is -0.491 e. The van der Waals surface area contributed by atoms with Gasteiger partial charge in [0.25, 0.3) is 5.56 Å². The fourth-order valence-corrected chi connectivity index (χ4v) is 3.92. The van der Waals surface area contributed by atoms with Gasteiger partial charge in [-0.15, -0.1) is 0 Å². The summed E-state index contributed by atoms with van der Waals surface area (Å²) in [7, 11) is 1.67. The standard InChI is InChI=1S/C22H30N4O4/c1-28-14-15-30-18-4-2-17(3-5-18)16-25-8-6-19-20(7-9-25)23-22(24-21(19)27)26-10-12-29-13-11-26/h2-5H,6-16H2,1H3,(H,23,24,27). The first kappa shape index (κ1) is 20.8. The minimum absolute atomic E-state index is 0.000836. The SMILES string of the molecule is COCCOc1ccc(CN2CCc3nc(N4CCOCC4)[nH]c(=O)c3CC2)cc1. The Balaban J connectivity index is 1.38. The van der Waals surface area contributed by atoms with Crippen LogP contribution >= 0.6 is 0 Å². The zero-order chi connectivity index (χ0) is 20.8. The van der Waals surface area contributed by atoms with Crippen LogP contribution in [0.2, 0.25) is 0 Å². The lowest BCUT2D eigenvalue weighted by atomic mass is 10.1. The lowest BCUT2D eigenvalue weighted by Gasteiger charge is -2.27. The van der Waals surface area contributed by atoms with Gasteiger partial charge in [-0.1, -0.05) is 12.1 Å². The van der Waals surface area contributed by atoms with E-state index in [1.165, 1.54) is 5.56 Å². The van der Waals surface area contributed by atoms with Crippen LogP contribution in [0.3, 0.4) is 0 Å². The van der Waals surface area contributed by atoms with Crippen LogP contribution in [0.15, 0.2) is 29.1 Å². The highest BCUT2D eigenvalue weighted by molar-refractivity contribution is 5.34. The van der Waals surface area contributed by atoms with E-state index in [1.54, 1.807) is 7.11 Å². The molecule has 0 spiro atoms. The number of rotatable bonds is 7. The van der Waals surface area contributed by atoms with Crippen molar-refractivity contribution in [3.05, 3.63) is 51.4 Å². The molecule has 4 rings (SSSR count). The molecule has 0 radical (unpaired) electrons. The molecule has 8 nitrogen and oxygen atoms in total. The maximum Gasteiger partial charge on any atom is 0.255 e. The number of morpholine rings is 1. The van der Waals surface area contributed by atoms with E-state index in [-0.39, 0.29) is 5.56 Å². The highest BCUT2D eigenvalue weighted by atomic mass is 16.5.